The summed E-state index contributed by atoms with van der Waals surface area (Å²) in [6, 6.07) is 0. The maximum absolute atomic E-state index is 5.32. The summed E-state index contributed by atoms with van der Waals surface area (Å²) in [6.07, 6.45) is 5.20. The van der Waals surface area contributed by atoms with Crippen molar-refractivity contribution in [2.75, 3.05) is 0 Å². The van der Waals surface area contributed by atoms with Crippen LogP contribution in [0.25, 0.3) is 0 Å². The normalized spacial score (nSPS) is 18.2. The van der Waals surface area contributed by atoms with Crippen molar-refractivity contribution in [2.45, 2.75) is 58.9 Å². The molecule has 0 spiro atoms. The molecule has 16 heavy (non-hydrogen) atoms. The number of H-pyrrole nitrogens is 1. The molecule has 0 aliphatic heterocycles. The minimum absolute atomic E-state index is 0.245. The van der Waals surface area contributed by atoms with Crippen LogP contribution < -0.4 is 0 Å². The molecule has 1 aromatic rings. The maximum Gasteiger partial charge on any atom is 0.195 e. The minimum Gasteiger partial charge on any atom is -0.303 e. The zero-order valence-corrected chi connectivity index (χ0v) is 11.2. The summed E-state index contributed by atoms with van der Waals surface area (Å²) in [5.74, 6) is 1.80. The Morgan fingerprint density at radius 1 is 1.38 bits per heavy atom. The summed E-state index contributed by atoms with van der Waals surface area (Å²) in [5, 5.41) is 7.38. The molecule has 90 valence electrons. The van der Waals surface area contributed by atoms with E-state index in [0.29, 0.717) is 5.92 Å². The molecule has 1 aliphatic carbocycles. The first-order valence-electron chi connectivity index (χ1n) is 6.12. The van der Waals surface area contributed by atoms with Crippen molar-refractivity contribution in [3.05, 3.63) is 10.6 Å². The molecule has 0 radical (unpaired) electrons. The first kappa shape index (κ1) is 11.8. The van der Waals surface area contributed by atoms with Gasteiger partial charge in [0.1, 0.15) is 5.82 Å². The summed E-state index contributed by atoms with van der Waals surface area (Å²) in [6.45, 7) is 7.66. The number of nitrogens with one attached hydrogen (secondary N) is 1. The highest BCUT2D eigenvalue weighted by Crippen LogP contribution is 2.33. The van der Waals surface area contributed by atoms with Crippen LogP contribution in [0, 0.1) is 10.2 Å². The van der Waals surface area contributed by atoms with Crippen molar-refractivity contribution in [1.82, 2.24) is 14.8 Å². The minimum atomic E-state index is 0.245. The van der Waals surface area contributed by atoms with Crippen LogP contribution in [0.4, 0.5) is 0 Å². The Labute approximate surface area is 102 Å². The fourth-order valence-corrected chi connectivity index (χ4v) is 2.66. The molecule has 2 rings (SSSR count). The predicted octanol–water partition coefficient (Wildman–Crippen LogP) is 3.64. The van der Waals surface area contributed by atoms with E-state index in [2.05, 4.69) is 35.5 Å². The van der Waals surface area contributed by atoms with Crippen molar-refractivity contribution in [1.29, 1.82) is 0 Å². The average molecular weight is 239 g/mol. The third-order valence-electron chi connectivity index (χ3n) is 3.14. The van der Waals surface area contributed by atoms with Gasteiger partial charge in [0, 0.05) is 12.5 Å². The number of nitrogens with zero attached hydrogens (tertiary/aromatic N) is 2. The lowest BCUT2D eigenvalue weighted by Crippen LogP contribution is -2.18. The van der Waals surface area contributed by atoms with Gasteiger partial charge in [-0.3, -0.25) is 5.10 Å². The third-order valence-corrected chi connectivity index (χ3v) is 3.45. The van der Waals surface area contributed by atoms with Crippen molar-refractivity contribution in [2.24, 2.45) is 5.41 Å². The van der Waals surface area contributed by atoms with Gasteiger partial charge in [0.25, 0.3) is 0 Å². The van der Waals surface area contributed by atoms with Gasteiger partial charge in [0.05, 0.1) is 0 Å². The van der Waals surface area contributed by atoms with Gasteiger partial charge in [-0.05, 0) is 30.5 Å². The quantitative estimate of drug-likeness (QED) is 0.799. The first-order valence-corrected chi connectivity index (χ1v) is 6.53. The monoisotopic (exact) mass is 239 g/mol. The molecule has 0 saturated heterocycles. The number of hydrogen-bond donors (Lipinski definition) is 1. The highest BCUT2D eigenvalue weighted by Gasteiger charge is 2.24. The Morgan fingerprint density at radius 2 is 2.00 bits per heavy atom. The van der Waals surface area contributed by atoms with E-state index in [1.165, 1.54) is 31.5 Å². The summed E-state index contributed by atoms with van der Waals surface area (Å²) >= 11 is 5.32. The van der Waals surface area contributed by atoms with Crippen molar-refractivity contribution in [3.8, 4) is 0 Å². The van der Waals surface area contributed by atoms with Gasteiger partial charge >= 0.3 is 0 Å². The molecule has 1 fully saturated rings. The molecule has 0 aromatic carbocycles. The first-order chi connectivity index (χ1) is 7.47. The zero-order chi connectivity index (χ0) is 11.8. The Hall–Kier alpha value is -0.640. The molecule has 1 aromatic heterocycles. The molecule has 0 atom stereocenters. The number of rotatable bonds is 2. The maximum atomic E-state index is 5.32. The molecule has 1 N–H and O–H groups in total. The molecule has 3 nitrogen and oxygen atoms in total. The highest BCUT2D eigenvalue weighted by molar-refractivity contribution is 7.71. The molecule has 1 heterocycles. The van der Waals surface area contributed by atoms with Crippen molar-refractivity contribution >= 4 is 12.2 Å². The Bertz CT molecular complexity index is 405. The summed E-state index contributed by atoms with van der Waals surface area (Å²) < 4.78 is 2.97. The van der Waals surface area contributed by atoms with Crippen molar-refractivity contribution in [3.63, 3.8) is 0 Å². The van der Waals surface area contributed by atoms with E-state index in [0.717, 1.165) is 11.3 Å². The topological polar surface area (TPSA) is 33.6 Å². The number of aromatic nitrogens is 3. The number of hydrogen-bond acceptors (Lipinski definition) is 2. The standard InChI is InChI=1S/C12H21N3S/c1-12(2,3)8-15-10(13-14-11(15)16)9-6-4-5-7-9/h9H,4-8H2,1-3H3,(H,14,16). The average Bonchev–Trinajstić information content (AvgIpc) is 2.75. The van der Waals surface area contributed by atoms with Crippen LogP contribution in [0.2, 0.25) is 0 Å². The van der Waals surface area contributed by atoms with Gasteiger partial charge in [-0.25, -0.2) is 0 Å². The molecule has 1 saturated carbocycles. The summed E-state index contributed by atoms with van der Waals surface area (Å²) in [7, 11) is 0. The van der Waals surface area contributed by atoms with E-state index in [9.17, 15) is 0 Å². The SMILES string of the molecule is CC(C)(C)Cn1c(C2CCCC2)n[nH]c1=S. The predicted molar refractivity (Wildman–Crippen MR) is 68.1 cm³/mol. The van der Waals surface area contributed by atoms with E-state index in [-0.39, 0.29) is 5.41 Å². The lowest BCUT2D eigenvalue weighted by molar-refractivity contribution is 0.332. The van der Waals surface area contributed by atoms with Gasteiger partial charge in [-0.1, -0.05) is 33.6 Å². The lowest BCUT2D eigenvalue weighted by Gasteiger charge is -2.21. The van der Waals surface area contributed by atoms with Gasteiger partial charge in [0.2, 0.25) is 0 Å². The second kappa shape index (κ2) is 4.32. The molecular formula is C12H21N3S. The van der Waals surface area contributed by atoms with Crippen LogP contribution in [0.1, 0.15) is 58.2 Å². The van der Waals surface area contributed by atoms with E-state index in [4.69, 9.17) is 12.2 Å². The molecule has 0 amide bonds. The zero-order valence-electron chi connectivity index (χ0n) is 10.4. The highest BCUT2D eigenvalue weighted by atomic mass is 32.1. The molecule has 0 unspecified atom stereocenters. The van der Waals surface area contributed by atoms with Gasteiger partial charge in [-0.2, -0.15) is 5.10 Å². The van der Waals surface area contributed by atoms with Crippen LogP contribution in [0.5, 0.6) is 0 Å². The number of aromatic amines is 1. The Morgan fingerprint density at radius 3 is 2.56 bits per heavy atom. The van der Waals surface area contributed by atoms with Gasteiger partial charge < -0.3 is 4.57 Å². The van der Waals surface area contributed by atoms with Crippen LogP contribution >= 0.6 is 12.2 Å². The van der Waals surface area contributed by atoms with E-state index < -0.39 is 0 Å². The van der Waals surface area contributed by atoms with E-state index in [1.54, 1.807) is 0 Å². The fourth-order valence-electron chi connectivity index (χ4n) is 2.45. The fraction of sp³-hybridized carbons (Fsp3) is 0.833. The van der Waals surface area contributed by atoms with Crippen molar-refractivity contribution < 1.29 is 0 Å². The van der Waals surface area contributed by atoms with E-state index in [1.807, 2.05) is 0 Å². The van der Waals surface area contributed by atoms with Crippen LogP contribution in [-0.4, -0.2) is 14.8 Å². The second-order valence-corrected chi connectivity index (χ2v) is 6.40. The summed E-state index contributed by atoms with van der Waals surface area (Å²) in [5.41, 5.74) is 0.245. The Balaban J connectivity index is 2.28. The van der Waals surface area contributed by atoms with Crippen LogP contribution in [0.3, 0.4) is 0 Å². The second-order valence-electron chi connectivity index (χ2n) is 6.02. The van der Waals surface area contributed by atoms with E-state index >= 15 is 0 Å². The van der Waals surface area contributed by atoms with Crippen LogP contribution in [0.15, 0.2) is 0 Å². The van der Waals surface area contributed by atoms with Crippen LogP contribution in [-0.2, 0) is 6.54 Å². The molecule has 1 aliphatic rings. The molecule has 4 heteroatoms. The third kappa shape index (κ3) is 2.54. The lowest BCUT2D eigenvalue weighted by atomic mass is 9.96. The molecular weight excluding hydrogens is 218 g/mol. The largest absolute Gasteiger partial charge is 0.303 e. The van der Waals surface area contributed by atoms with Gasteiger partial charge in [-0.15, -0.1) is 0 Å². The Kier molecular flexibility index (Phi) is 3.19. The smallest absolute Gasteiger partial charge is 0.195 e. The summed E-state index contributed by atoms with van der Waals surface area (Å²) in [4.78, 5) is 0. The van der Waals surface area contributed by atoms with Gasteiger partial charge in [0.15, 0.2) is 4.77 Å². The molecule has 0 bridgehead atoms.